The van der Waals surface area contributed by atoms with Gasteiger partial charge in [0.15, 0.2) is 0 Å². The number of ether oxygens (including phenoxy) is 1. The monoisotopic (exact) mass is 424 g/mol. The van der Waals surface area contributed by atoms with Crippen molar-refractivity contribution in [2.24, 2.45) is 0 Å². The number of carbonyl (C=O) groups is 1. The van der Waals surface area contributed by atoms with Gasteiger partial charge in [-0.15, -0.1) is 0 Å². The summed E-state index contributed by atoms with van der Waals surface area (Å²) in [5.74, 6) is 0.322. The number of hydrogen-bond donors (Lipinski definition) is 1. The highest BCUT2D eigenvalue weighted by molar-refractivity contribution is 7.89. The molecule has 0 radical (unpaired) electrons. The summed E-state index contributed by atoms with van der Waals surface area (Å²) in [6, 6.07) is 11.3. The van der Waals surface area contributed by atoms with Crippen molar-refractivity contribution in [3.05, 3.63) is 58.6 Å². The van der Waals surface area contributed by atoms with Crippen molar-refractivity contribution in [1.82, 2.24) is 9.62 Å². The fourth-order valence-corrected chi connectivity index (χ4v) is 3.71. The zero-order valence-corrected chi connectivity index (χ0v) is 18.0. The number of sulfonamides is 1. The fraction of sp³-hybridized carbons (Fsp3) is 0.350. The van der Waals surface area contributed by atoms with Crippen LogP contribution in [0.25, 0.3) is 0 Å². The molecule has 1 amide bonds. The molecule has 1 N–H and O–H groups in total. The summed E-state index contributed by atoms with van der Waals surface area (Å²) in [6.45, 7) is 5.81. The minimum Gasteiger partial charge on any atom is -0.491 e. The van der Waals surface area contributed by atoms with Crippen LogP contribution in [0.3, 0.4) is 0 Å². The number of amides is 1. The van der Waals surface area contributed by atoms with Gasteiger partial charge in [0.25, 0.3) is 0 Å². The van der Waals surface area contributed by atoms with Crippen LogP contribution in [0.4, 0.5) is 0 Å². The zero-order chi connectivity index (χ0) is 20.9. The molecule has 0 heterocycles. The van der Waals surface area contributed by atoms with Crippen molar-refractivity contribution in [1.29, 1.82) is 0 Å². The third kappa shape index (κ3) is 5.95. The number of halogens is 1. The van der Waals surface area contributed by atoms with Crippen LogP contribution < -0.4 is 10.1 Å². The lowest BCUT2D eigenvalue weighted by atomic mass is 10.1. The highest BCUT2D eigenvalue weighted by Crippen LogP contribution is 2.18. The smallest absolute Gasteiger partial charge is 0.243 e. The second kappa shape index (κ2) is 9.41. The molecular formula is C20H25ClN2O4S. The summed E-state index contributed by atoms with van der Waals surface area (Å²) >= 11 is 5.79. The second-order valence-electron chi connectivity index (χ2n) is 6.74. The maximum absolute atomic E-state index is 12.5. The number of likely N-dealkylation sites (N-methyl/N-ethyl adjacent to an activating group) is 1. The number of rotatable bonds is 8. The molecule has 0 fully saturated rings. The Labute approximate surface area is 171 Å². The summed E-state index contributed by atoms with van der Waals surface area (Å²) in [6.07, 6.45) is 0. The normalized spacial score (nSPS) is 12.6. The fourth-order valence-electron chi connectivity index (χ4n) is 2.46. The number of aryl methyl sites for hydroxylation is 2. The van der Waals surface area contributed by atoms with Gasteiger partial charge >= 0.3 is 0 Å². The lowest BCUT2D eigenvalue weighted by Gasteiger charge is -2.19. The molecule has 8 heteroatoms. The predicted molar refractivity (Wildman–Crippen MR) is 110 cm³/mol. The van der Waals surface area contributed by atoms with E-state index in [0.717, 1.165) is 15.6 Å². The molecule has 1 unspecified atom stereocenters. The molecule has 0 bridgehead atoms. The highest BCUT2D eigenvalue weighted by Gasteiger charge is 2.23. The number of nitrogens with one attached hydrogen (secondary N) is 1. The Morgan fingerprint density at radius 3 is 2.39 bits per heavy atom. The first kappa shape index (κ1) is 22.2. The standard InChI is InChI=1S/C20H25ClN2O4S/c1-14-5-8-18(11-15(14)2)27-13-16(3)22-20(24)12-23(4)28(25,26)19-9-6-17(21)7-10-19/h5-11,16H,12-13H2,1-4H3,(H,22,24). The molecule has 2 aromatic carbocycles. The second-order valence-corrected chi connectivity index (χ2v) is 9.22. The molecule has 0 aliphatic rings. The van der Waals surface area contributed by atoms with E-state index in [2.05, 4.69) is 5.32 Å². The maximum Gasteiger partial charge on any atom is 0.243 e. The summed E-state index contributed by atoms with van der Waals surface area (Å²) in [4.78, 5) is 12.3. The summed E-state index contributed by atoms with van der Waals surface area (Å²) in [5, 5.41) is 3.19. The van der Waals surface area contributed by atoms with Crippen LogP contribution in [-0.4, -0.2) is 44.9 Å². The molecule has 0 spiro atoms. The third-order valence-corrected chi connectivity index (χ3v) is 6.34. The van der Waals surface area contributed by atoms with E-state index in [0.29, 0.717) is 5.02 Å². The summed E-state index contributed by atoms with van der Waals surface area (Å²) in [5.41, 5.74) is 2.31. The minimum absolute atomic E-state index is 0.0818. The molecule has 0 saturated carbocycles. The van der Waals surface area contributed by atoms with Gasteiger partial charge < -0.3 is 10.1 Å². The number of benzene rings is 2. The molecule has 2 aromatic rings. The maximum atomic E-state index is 12.5. The van der Waals surface area contributed by atoms with Crippen molar-refractivity contribution in [2.75, 3.05) is 20.2 Å². The number of carbonyl (C=O) groups excluding carboxylic acids is 1. The van der Waals surface area contributed by atoms with Crippen molar-refractivity contribution in [3.63, 3.8) is 0 Å². The molecule has 0 aliphatic carbocycles. The number of nitrogens with zero attached hydrogens (tertiary/aromatic N) is 1. The molecule has 152 valence electrons. The Hall–Kier alpha value is -2.09. The average Bonchev–Trinajstić information content (AvgIpc) is 2.63. The Bertz CT molecular complexity index is 930. The molecule has 6 nitrogen and oxygen atoms in total. The van der Waals surface area contributed by atoms with Crippen molar-refractivity contribution >= 4 is 27.5 Å². The van der Waals surface area contributed by atoms with Crippen LogP contribution in [0.1, 0.15) is 18.1 Å². The van der Waals surface area contributed by atoms with E-state index in [1.54, 1.807) is 6.92 Å². The molecule has 0 aromatic heterocycles. The zero-order valence-electron chi connectivity index (χ0n) is 16.4. The first-order valence-corrected chi connectivity index (χ1v) is 10.6. The quantitative estimate of drug-likeness (QED) is 0.706. The van der Waals surface area contributed by atoms with Crippen LogP contribution >= 0.6 is 11.6 Å². The van der Waals surface area contributed by atoms with E-state index in [9.17, 15) is 13.2 Å². The van der Waals surface area contributed by atoms with Gasteiger partial charge in [-0.3, -0.25) is 4.79 Å². The molecule has 0 aliphatic heterocycles. The predicted octanol–water partition coefficient (Wildman–Crippen LogP) is 3.16. The SMILES string of the molecule is Cc1ccc(OCC(C)NC(=O)CN(C)S(=O)(=O)c2ccc(Cl)cc2)cc1C. The first-order chi connectivity index (χ1) is 13.1. The van der Waals surface area contributed by atoms with Gasteiger partial charge in [0.05, 0.1) is 17.5 Å². The van der Waals surface area contributed by atoms with Crippen LogP contribution in [0, 0.1) is 13.8 Å². The van der Waals surface area contributed by atoms with Crippen LogP contribution in [0.2, 0.25) is 5.02 Å². The van der Waals surface area contributed by atoms with E-state index < -0.39 is 15.9 Å². The van der Waals surface area contributed by atoms with Crippen molar-refractivity contribution < 1.29 is 17.9 Å². The van der Waals surface area contributed by atoms with Gasteiger partial charge in [-0.2, -0.15) is 4.31 Å². The molecule has 0 saturated heterocycles. The summed E-state index contributed by atoms with van der Waals surface area (Å²) < 4.78 is 31.7. The van der Waals surface area contributed by atoms with E-state index >= 15 is 0 Å². The van der Waals surface area contributed by atoms with Gasteiger partial charge in [-0.1, -0.05) is 17.7 Å². The molecule has 28 heavy (non-hydrogen) atoms. The van der Waals surface area contributed by atoms with Gasteiger partial charge in [0.2, 0.25) is 15.9 Å². The molecule has 1 atom stereocenters. The minimum atomic E-state index is -3.77. The van der Waals surface area contributed by atoms with Crippen molar-refractivity contribution in [3.8, 4) is 5.75 Å². The van der Waals surface area contributed by atoms with Gasteiger partial charge in [0.1, 0.15) is 12.4 Å². The largest absolute Gasteiger partial charge is 0.491 e. The van der Waals surface area contributed by atoms with Crippen LogP contribution in [-0.2, 0) is 14.8 Å². The van der Waals surface area contributed by atoms with Crippen LogP contribution in [0.5, 0.6) is 5.75 Å². The third-order valence-electron chi connectivity index (χ3n) is 4.27. The van der Waals surface area contributed by atoms with Gasteiger partial charge in [-0.05, 0) is 68.3 Å². The van der Waals surface area contributed by atoms with E-state index in [1.807, 2.05) is 32.0 Å². The first-order valence-electron chi connectivity index (χ1n) is 8.81. The average molecular weight is 425 g/mol. The van der Waals surface area contributed by atoms with E-state index in [4.69, 9.17) is 16.3 Å². The number of hydrogen-bond acceptors (Lipinski definition) is 4. The lowest BCUT2D eigenvalue weighted by molar-refractivity contribution is -0.121. The Morgan fingerprint density at radius 1 is 1.14 bits per heavy atom. The Kier molecular flexibility index (Phi) is 7.46. The highest BCUT2D eigenvalue weighted by atomic mass is 35.5. The summed E-state index contributed by atoms with van der Waals surface area (Å²) in [7, 11) is -2.41. The Morgan fingerprint density at radius 2 is 1.79 bits per heavy atom. The lowest BCUT2D eigenvalue weighted by Crippen LogP contribution is -2.43. The topological polar surface area (TPSA) is 75.7 Å². The Balaban J connectivity index is 1.87. The molecule has 2 rings (SSSR count). The molecular weight excluding hydrogens is 400 g/mol. The van der Waals surface area contributed by atoms with E-state index in [-0.39, 0.29) is 24.1 Å². The van der Waals surface area contributed by atoms with E-state index in [1.165, 1.54) is 36.9 Å². The van der Waals surface area contributed by atoms with Gasteiger partial charge in [0, 0.05) is 12.1 Å². The van der Waals surface area contributed by atoms with Crippen molar-refractivity contribution in [2.45, 2.75) is 31.7 Å². The van der Waals surface area contributed by atoms with Crippen LogP contribution in [0.15, 0.2) is 47.4 Å². The van der Waals surface area contributed by atoms with Gasteiger partial charge in [-0.25, -0.2) is 8.42 Å².